The van der Waals surface area contributed by atoms with Gasteiger partial charge in [0.15, 0.2) is 0 Å². The summed E-state index contributed by atoms with van der Waals surface area (Å²) in [5.74, 6) is -1.68. The van der Waals surface area contributed by atoms with Gasteiger partial charge in [0, 0.05) is 22.8 Å². The topological polar surface area (TPSA) is 87.7 Å². The van der Waals surface area contributed by atoms with Gasteiger partial charge in [-0.3, -0.25) is 14.4 Å². The fourth-order valence-electron chi connectivity index (χ4n) is 7.70. The molecule has 7 atom stereocenters. The molecule has 38 heavy (non-hydrogen) atoms. The molecule has 1 aromatic rings. The number of hydrogen-bond acceptors (Lipinski definition) is 4. The van der Waals surface area contributed by atoms with E-state index >= 15 is 0 Å². The maximum atomic E-state index is 14.3. The first-order valence-electron chi connectivity index (χ1n) is 14.4. The lowest BCUT2D eigenvalue weighted by atomic mass is 9.74. The van der Waals surface area contributed by atoms with E-state index in [0.717, 1.165) is 56.9 Å². The van der Waals surface area contributed by atoms with Crippen LogP contribution in [0.5, 0.6) is 0 Å². The minimum atomic E-state index is -1.12. The predicted molar refractivity (Wildman–Crippen MR) is 146 cm³/mol. The highest BCUT2D eigenvalue weighted by Gasteiger charge is 2.73. The fourth-order valence-corrected chi connectivity index (χ4v) is 7.88. The number of anilines is 1. The van der Waals surface area contributed by atoms with Crippen LogP contribution >= 0.6 is 11.6 Å². The van der Waals surface area contributed by atoms with E-state index < -0.39 is 29.6 Å². The van der Waals surface area contributed by atoms with Crippen molar-refractivity contribution in [2.45, 2.75) is 101 Å². The first-order chi connectivity index (χ1) is 18.3. The van der Waals surface area contributed by atoms with Crippen molar-refractivity contribution in [3.63, 3.8) is 0 Å². The number of carbonyl (C=O) groups is 3. The molecule has 0 radical (unpaired) electrons. The van der Waals surface area contributed by atoms with Crippen molar-refractivity contribution >= 4 is 35.0 Å². The van der Waals surface area contributed by atoms with Gasteiger partial charge in [0.2, 0.25) is 17.7 Å². The lowest BCUT2D eigenvalue weighted by Crippen LogP contribution is -2.59. The Labute approximate surface area is 229 Å². The second-order valence-corrected chi connectivity index (χ2v) is 12.5. The van der Waals surface area contributed by atoms with Crippen molar-refractivity contribution in [1.29, 1.82) is 0 Å². The van der Waals surface area contributed by atoms with E-state index in [1.54, 1.807) is 6.07 Å². The normalized spacial score (nSPS) is 36.4. The second-order valence-electron chi connectivity index (χ2n) is 12.1. The zero-order valence-electron chi connectivity index (χ0n) is 22.3. The summed E-state index contributed by atoms with van der Waals surface area (Å²) < 4.78 is 6.53. The van der Waals surface area contributed by atoms with Crippen LogP contribution in [0.1, 0.15) is 70.3 Å². The van der Waals surface area contributed by atoms with Gasteiger partial charge in [-0.1, -0.05) is 68.8 Å². The van der Waals surface area contributed by atoms with Crippen molar-refractivity contribution in [3.8, 4) is 0 Å². The first-order valence-corrected chi connectivity index (χ1v) is 14.7. The molecule has 2 saturated carbocycles. The molecule has 6 rings (SSSR count). The van der Waals surface area contributed by atoms with Crippen molar-refractivity contribution in [1.82, 2.24) is 10.2 Å². The molecule has 3 heterocycles. The monoisotopic (exact) mass is 539 g/mol. The molecule has 3 amide bonds. The van der Waals surface area contributed by atoms with E-state index in [0.29, 0.717) is 10.7 Å². The number of fused-ring (bicyclic) bond motifs is 1. The maximum absolute atomic E-state index is 14.3. The molecule has 1 spiro atoms. The van der Waals surface area contributed by atoms with E-state index in [1.807, 2.05) is 36.1 Å². The number of nitrogens with zero attached hydrogens (tertiary/aromatic N) is 1. The Bertz CT molecular complexity index is 1160. The van der Waals surface area contributed by atoms with Crippen molar-refractivity contribution in [2.75, 3.05) is 5.32 Å². The number of ether oxygens (including phenoxy) is 1. The van der Waals surface area contributed by atoms with Gasteiger partial charge < -0.3 is 20.3 Å². The number of nitrogens with one attached hydrogen (secondary N) is 2. The minimum absolute atomic E-state index is 0.0333. The van der Waals surface area contributed by atoms with Gasteiger partial charge in [-0.15, -0.1) is 0 Å². The van der Waals surface area contributed by atoms with Crippen LogP contribution in [0.25, 0.3) is 0 Å². The standard InChI is InChI=1S/C30H38ClN3O4/c1-17-12-13-20(16-21(17)31)33-27(35)24-23-14-15-30(38-23)25(24)29(37)34(22-11-7-6-8-18(22)2)26(30)28(36)32-19-9-4-3-5-10-19/h12-16,18-19,22-26H,3-11H2,1-2H3,(H,32,36)(H,33,35)/t18?,22?,23-,24?,25-,26?,30?/m0/s1. The highest BCUT2D eigenvalue weighted by atomic mass is 35.5. The molecular formula is C30H38ClN3O4. The maximum Gasteiger partial charge on any atom is 0.246 e. The molecule has 3 aliphatic heterocycles. The molecule has 5 aliphatic rings. The number of rotatable bonds is 5. The lowest BCUT2D eigenvalue weighted by Gasteiger charge is -2.42. The van der Waals surface area contributed by atoms with Gasteiger partial charge in [0.05, 0.1) is 17.9 Å². The Morgan fingerprint density at radius 2 is 1.79 bits per heavy atom. The molecule has 7 nitrogen and oxygen atoms in total. The van der Waals surface area contributed by atoms with Gasteiger partial charge in [-0.2, -0.15) is 0 Å². The average molecular weight is 540 g/mol. The molecule has 1 aromatic carbocycles. The van der Waals surface area contributed by atoms with Crippen LogP contribution in [0, 0.1) is 24.7 Å². The van der Waals surface area contributed by atoms with Crippen LogP contribution in [0.15, 0.2) is 30.4 Å². The number of benzene rings is 1. The van der Waals surface area contributed by atoms with Crippen molar-refractivity contribution in [3.05, 3.63) is 40.9 Å². The Morgan fingerprint density at radius 1 is 1.05 bits per heavy atom. The summed E-state index contributed by atoms with van der Waals surface area (Å²) in [7, 11) is 0. The van der Waals surface area contributed by atoms with Gasteiger partial charge in [-0.25, -0.2) is 0 Å². The molecule has 8 heteroatoms. The Balaban J connectivity index is 1.33. The highest BCUT2D eigenvalue weighted by molar-refractivity contribution is 6.31. The Morgan fingerprint density at radius 3 is 2.53 bits per heavy atom. The van der Waals surface area contributed by atoms with E-state index in [4.69, 9.17) is 16.3 Å². The van der Waals surface area contributed by atoms with Crippen LogP contribution in [0.2, 0.25) is 5.02 Å². The van der Waals surface area contributed by atoms with Crippen molar-refractivity contribution in [2.24, 2.45) is 17.8 Å². The summed E-state index contributed by atoms with van der Waals surface area (Å²) in [6.45, 7) is 4.08. The van der Waals surface area contributed by atoms with Gasteiger partial charge in [0.25, 0.3) is 0 Å². The number of halogens is 1. The van der Waals surface area contributed by atoms with Crippen molar-refractivity contribution < 1.29 is 19.1 Å². The predicted octanol–water partition coefficient (Wildman–Crippen LogP) is 4.77. The largest absolute Gasteiger partial charge is 0.359 e. The lowest BCUT2D eigenvalue weighted by molar-refractivity contribution is -0.146. The number of carbonyl (C=O) groups excluding carboxylic acids is 3. The summed E-state index contributed by atoms with van der Waals surface area (Å²) >= 11 is 6.29. The van der Waals surface area contributed by atoms with E-state index in [1.165, 1.54) is 6.42 Å². The average Bonchev–Trinajstić information content (AvgIpc) is 3.54. The van der Waals surface area contributed by atoms with Crippen LogP contribution in [0.4, 0.5) is 5.69 Å². The quantitative estimate of drug-likeness (QED) is 0.528. The number of amides is 3. The first kappa shape index (κ1) is 25.9. The third-order valence-corrected chi connectivity index (χ3v) is 10.1. The van der Waals surface area contributed by atoms with Gasteiger partial charge >= 0.3 is 0 Å². The van der Waals surface area contributed by atoms with Crippen LogP contribution < -0.4 is 10.6 Å². The molecule has 204 valence electrons. The SMILES string of the molecule is Cc1ccc(NC(=O)C2[C@@H]3C=CC4(O3)C(C(=O)NC3CCCCC3)N(C3CCCCC3C)C(=O)[C@H]24)cc1Cl. The molecule has 2 aliphatic carbocycles. The Kier molecular flexibility index (Phi) is 6.79. The van der Waals surface area contributed by atoms with Gasteiger partial charge in [0.1, 0.15) is 11.6 Å². The number of aryl methyl sites for hydroxylation is 1. The van der Waals surface area contributed by atoms with Gasteiger partial charge in [-0.05, 0) is 56.2 Å². The van der Waals surface area contributed by atoms with Crippen LogP contribution in [-0.2, 0) is 19.1 Å². The Hall–Kier alpha value is -2.38. The third-order valence-electron chi connectivity index (χ3n) is 9.68. The summed E-state index contributed by atoms with van der Waals surface area (Å²) in [4.78, 5) is 43.9. The summed E-state index contributed by atoms with van der Waals surface area (Å²) in [6.07, 6.45) is 12.7. The van der Waals surface area contributed by atoms with Crippen LogP contribution in [-0.4, -0.2) is 52.5 Å². The molecule has 2 saturated heterocycles. The number of hydrogen-bond donors (Lipinski definition) is 2. The summed E-state index contributed by atoms with van der Waals surface area (Å²) in [5.41, 5.74) is 0.385. The van der Waals surface area contributed by atoms with Crippen LogP contribution in [0.3, 0.4) is 0 Å². The second kappa shape index (κ2) is 9.98. The molecule has 2 N–H and O–H groups in total. The smallest absolute Gasteiger partial charge is 0.246 e. The molecule has 4 fully saturated rings. The minimum Gasteiger partial charge on any atom is -0.359 e. The fraction of sp³-hybridized carbons (Fsp3) is 0.633. The number of likely N-dealkylation sites (tertiary alicyclic amines) is 1. The molecule has 5 unspecified atom stereocenters. The zero-order chi connectivity index (χ0) is 26.6. The molecule has 2 bridgehead atoms. The zero-order valence-corrected chi connectivity index (χ0v) is 23.0. The van der Waals surface area contributed by atoms with E-state index in [2.05, 4.69) is 17.6 Å². The third kappa shape index (κ3) is 4.17. The molecular weight excluding hydrogens is 502 g/mol. The van der Waals surface area contributed by atoms with E-state index in [9.17, 15) is 14.4 Å². The van der Waals surface area contributed by atoms with E-state index in [-0.39, 0.29) is 35.7 Å². The molecule has 0 aromatic heterocycles. The highest BCUT2D eigenvalue weighted by Crippen LogP contribution is 2.56. The summed E-state index contributed by atoms with van der Waals surface area (Å²) in [6, 6.07) is 4.72. The summed E-state index contributed by atoms with van der Waals surface area (Å²) in [5, 5.41) is 6.83.